The number of likely N-dealkylation sites (tertiary alicyclic amines) is 1. The van der Waals surface area contributed by atoms with Gasteiger partial charge in [0.25, 0.3) is 0 Å². The molecule has 2 unspecified atom stereocenters. The first kappa shape index (κ1) is 25.0. The first-order chi connectivity index (χ1) is 12.8. The van der Waals surface area contributed by atoms with Gasteiger partial charge in [0, 0.05) is 31.1 Å². The number of ether oxygens (including phenoxy) is 1. The Kier molecular flexibility index (Phi) is 10.6. The van der Waals surface area contributed by atoms with Crippen LogP contribution in [-0.2, 0) is 11.2 Å². The standard InChI is InChI=1S/C20H34N4O2S.HI/c1-6-21-18(22-13-15(2)12-17-8-7-11-27-17)24-10-9-16(14-24)23-19(25)26-20(3,4)5;/h7-8,11,15-16H,6,9-10,12-14H2,1-5H3,(H,21,22)(H,23,25);1H. The zero-order chi connectivity index (χ0) is 19.9. The van der Waals surface area contributed by atoms with Gasteiger partial charge in [0.15, 0.2) is 5.96 Å². The van der Waals surface area contributed by atoms with Crippen LogP contribution >= 0.6 is 35.3 Å². The second-order valence-corrected chi connectivity index (χ2v) is 9.19. The van der Waals surface area contributed by atoms with Gasteiger partial charge in [-0.15, -0.1) is 35.3 Å². The molecule has 1 saturated heterocycles. The summed E-state index contributed by atoms with van der Waals surface area (Å²) in [5.41, 5.74) is -0.475. The van der Waals surface area contributed by atoms with Crippen LogP contribution in [0.5, 0.6) is 0 Å². The van der Waals surface area contributed by atoms with Gasteiger partial charge >= 0.3 is 6.09 Å². The third kappa shape index (κ3) is 8.98. The van der Waals surface area contributed by atoms with E-state index in [4.69, 9.17) is 9.73 Å². The van der Waals surface area contributed by atoms with Crippen molar-refractivity contribution in [3.63, 3.8) is 0 Å². The molecule has 0 spiro atoms. The molecule has 6 nitrogen and oxygen atoms in total. The van der Waals surface area contributed by atoms with Gasteiger partial charge in [-0.3, -0.25) is 4.99 Å². The van der Waals surface area contributed by atoms with Gasteiger partial charge in [-0.25, -0.2) is 4.79 Å². The highest BCUT2D eigenvalue weighted by Gasteiger charge is 2.27. The Bertz CT molecular complexity index is 616. The van der Waals surface area contributed by atoms with Crippen molar-refractivity contribution < 1.29 is 9.53 Å². The quantitative estimate of drug-likeness (QED) is 0.336. The molecule has 0 aliphatic carbocycles. The molecule has 0 saturated carbocycles. The highest BCUT2D eigenvalue weighted by molar-refractivity contribution is 14.0. The molecule has 2 rings (SSSR count). The maximum atomic E-state index is 12.0. The smallest absolute Gasteiger partial charge is 0.407 e. The molecule has 2 N–H and O–H groups in total. The van der Waals surface area contributed by atoms with Crippen molar-refractivity contribution in [3.05, 3.63) is 22.4 Å². The van der Waals surface area contributed by atoms with E-state index in [1.165, 1.54) is 4.88 Å². The first-order valence-corrected chi connectivity index (χ1v) is 10.7. The number of nitrogens with one attached hydrogen (secondary N) is 2. The molecular weight excluding hydrogens is 487 g/mol. The van der Waals surface area contributed by atoms with Crippen molar-refractivity contribution in [2.24, 2.45) is 10.9 Å². The summed E-state index contributed by atoms with van der Waals surface area (Å²) in [6, 6.07) is 4.37. The summed E-state index contributed by atoms with van der Waals surface area (Å²) in [5.74, 6) is 1.43. The minimum atomic E-state index is -0.475. The van der Waals surface area contributed by atoms with Crippen LogP contribution in [0.4, 0.5) is 4.79 Å². The molecule has 2 atom stereocenters. The number of alkyl carbamates (subject to hydrolysis) is 1. The van der Waals surface area contributed by atoms with Crippen LogP contribution in [-0.4, -0.2) is 54.8 Å². The van der Waals surface area contributed by atoms with E-state index in [9.17, 15) is 4.79 Å². The number of carbonyl (C=O) groups excluding carboxylic acids is 1. The van der Waals surface area contributed by atoms with E-state index in [1.807, 2.05) is 20.8 Å². The van der Waals surface area contributed by atoms with Crippen molar-refractivity contribution in [2.45, 2.75) is 59.1 Å². The van der Waals surface area contributed by atoms with E-state index in [2.05, 4.69) is 46.9 Å². The van der Waals surface area contributed by atoms with Gasteiger partial charge < -0.3 is 20.3 Å². The van der Waals surface area contributed by atoms with E-state index in [-0.39, 0.29) is 36.1 Å². The highest BCUT2D eigenvalue weighted by Crippen LogP contribution is 2.16. The van der Waals surface area contributed by atoms with Gasteiger partial charge in [-0.2, -0.15) is 0 Å². The SMILES string of the molecule is CCNC(=NCC(C)Cc1cccs1)N1CCC(NC(=O)OC(C)(C)C)C1.I. The second-order valence-electron chi connectivity index (χ2n) is 8.16. The lowest BCUT2D eigenvalue weighted by Crippen LogP contribution is -2.44. The number of guanidine groups is 1. The number of nitrogens with zero attached hydrogens (tertiary/aromatic N) is 2. The molecule has 8 heteroatoms. The van der Waals surface area contributed by atoms with Gasteiger partial charge in [0.2, 0.25) is 0 Å². The van der Waals surface area contributed by atoms with Crippen LogP contribution in [0.2, 0.25) is 0 Å². The monoisotopic (exact) mass is 522 g/mol. The van der Waals surface area contributed by atoms with Crippen molar-refractivity contribution in [1.29, 1.82) is 0 Å². The van der Waals surface area contributed by atoms with E-state index >= 15 is 0 Å². The molecule has 1 aromatic rings. The summed E-state index contributed by atoms with van der Waals surface area (Å²) < 4.78 is 5.36. The largest absolute Gasteiger partial charge is 0.444 e. The number of carbonyl (C=O) groups is 1. The maximum absolute atomic E-state index is 12.0. The molecule has 1 aliphatic rings. The second kappa shape index (κ2) is 11.8. The molecule has 0 aromatic carbocycles. The molecule has 1 aromatic heterocycles. The van der Waals surface area contributed by atoms with Gasteiger partial charge in [0.1, 0.15) is 5.60 Å². The van der Waals surface area contributed by atoms with E-state index in [1.54, 1.807) is 11.3 Å². The van der Waals surface area contributed by atoms with Crippen molar-refractivity contribution in [2.75, 3.05) is 26.2 Å². The third-order valence-electron chi connectivity index (χ3n) is 4.23. The van der Waals surface area contributed by atoms with Crippen LogP contribution in [0.1, 0.15) is 45.9 Å². The minimum Gasteiger partial charge on any atom is -0.444 e. The predicted molar refractivity (Wildman–Crippen MR) is 128 cm³/mol. The molecule has 1 fully saturated rings. The van der Waals surface area contributed by atoms with Crippen LogP contribution < -0.4 is 10.6 Å². The Labute approximate surface area is 190 Å². The van der Waals surface area contributed by atoms with Crippen LogP contribution in [0.15, 0.2) is 22.5 Å². The summed E-state index contributed by atoms with van der Waals surface area (Å²) in [6.45, 7) is 13.2. The van der Waals surface area contributed by atoms with Crippen LogP contribution in [0.3, 0.4) is 0 Å². The van der Waals surface area contributed by atoms with Gasteiger partial charge in [-0.05, 0) is 57.9 Å². The lowest BCUT2D eigenvalue weighted by Gasteiger charge is -2.23. The summed E-state index contributed by atoms with van der Waals surface area (Å²) in [6.07, 6.45) is 1.61. The number of halogens is 1. The number of thiophene rings is 1. The average Bonchev–Trinajstić information content (AvgIpc) is 3.21. The van der Waals surface area contributed by atoms with Crippen molar-refractivity contribution in [3.8, 4) is 0 Å². The predicted octanol–water partition coefficient (Wildman–Crippen LogP) is 4.11. The average molecular weight is 522 g/mol. The Morgan fingerprint density at radius 3 is 2.82 bits per heavy atom. The topological polar surface area (TPSA) is 66.0 Å². The Hall–Kier alpha value is -1.03. The summed E-state index contributed by atoms with van der Waals surface area (Å²) in [7, 11) is 0. The zero-order valence-electron chi connectivity index (χ0n) is 17.7. The summed E-state index contributed by atoms with van der Waals surface area (Å²) >= 11 is 1.80. The number of hydrogen-bond donors (Lipinski definition) is 2. The van der Waals surface area contributed by atoms with Crippen molar-refractivity contribution >= 4 is 47.4 Å². The molecule has 0 bridgehead atoms. The van der Waals surface area contributed by atoms with E-state index < -0.39 is 5.60 Å². The molecule has 2 heterocycles. The number of aliphatic imine (C=N–C) groups is 1. The fraction of sp³-hybridized carbons (Fsp3) is 0.700. The van der Waals surface area contributed by atoms with E-state index in [0.29, 0.717) is 5.92 Å². The van der Waals surface area contributed by atoms with Gasteiger partial charge in [-0.1, -0.05) is 13.0 Å². The molecule has 28 heavy (non-hydrogen) atoms. The minimum absolute atomic E-state index is 0. The maximum Gasteiger partial charge on any atom is 0.407 e. The normalized spacial score (nSPS) is 18.4. The summed E-state index contributed by atoms with van der Waals surface area (Å²) in [5, 5.41) is 8.48. The molecule has 1 amide bonds. The van der Waals surface area contributed by atoms with Gasteiger partial charge in [0.05, 0.1) is 6.04 Å². The Morgan fingerprint density at radius 1 is 1.46 bits per heavy atom. The highest BCUT2D eigenvalue weighted by atomic mass is 127. The van der Waals surface area contributed by atoms with E-state index in [0.717, 1.165) is 45.0 Å². The number of amides is 1. The molecule has 1 aliphatic heterocycles. The fourth-order valence-corrected chi connectivity index (χ4v) is 3.92. The fourth-order valence-electron chi connectivity index (χ4n) is 3.05. The Morgan fingerprint density at radius 2 is 2.21 bits per heavy atom. The van der Waals surface area contributed by atoms with Crippen molar-refractivity contribution in [1.82, 2.24) is 15.5 Å². The van der Waals surface area contributed by atoms with Crippen LogP contribution in [0.25, 0.3) is 0 Å². The first-order valence-electron chi connectivity index (χ1n) is 9.82. The summed E-state index contributed by atoms with van der Waals surface area (Å²) in [4.78, 5) is 20.5. The molecule has 160 valence electrons. The lowest BCUT2D eigenvalue weighted by atomic mass is 10.1. The zero-order valence-corrected chi connectivity index (χ0v) is 20.8. The van der Waals surface area contributed by atoms with Crippen LogP contribution in [0, 0.1) is 5.92 Å². The number of hydrogen-bond acceptors (Lipinski definition) is 4. The Balaban J connectivity index is 0.00000392. The number of rotatable bonds is 6. The molecular formula is C20H35IN4O2S. The lowest BCUT2D eigenvalue weighted by molar-refractivity contribution is 0.0507. The molecule has 0 radical (unpaired) electrons. The third-order valence-corrected chi connectivity index (χ3v) is 5.12.